The first-order valence-corrected chi connectivity index (χ1v) is 19.7. The fourth-order valence-corrected chi connectivity index (χ4v) is 9.46. The number of aromatic nitrogens is 4. The molecule has 2 aliphatic heterocycles. The number of amides is 2. The van der Waals surface area contributed by atoms with E-state index < -0.39 is 11.8 Å². The predicted molar refractivity (Wildman–Crippen MR) is 221 cm³/mol. The normalized spacial score (nSPS) is 16.9. The maximum Gasteiger partial charge on any atom is 0.270 e. The lowest BCUT2D eigenvalue weighted by Crippen LogP contribution is -2.31. The van der Waals surface area contributed by atoms with Crippen molar-refractivity contribution in [1.82, 2.24) is 31.0 Å². The second kappa shape index (κ2) is 18.7. The van der Waals surface area contributed by atoms with Gasteiger partial charge in [0.15, 0.2) is 11.4 Å². The van der Waals surface area contributed by atoms with Crippen LogP contribution in [0.3, 0.4) is 0 Å². The minimum Gasteiger partial charge on any atom is -0.870 e. The van der Waals surface area contributed by atoms with E-state index in [1.165, 1.54) is 48.4 Å². The summed E-state index contributed by atoms with van der Waals surface area (Å²) in [5.41, 5.74) is 15.5. The zero-order chi connectivity index (χ0) is 36.2. The van der Waals surface area contributed by atoms with Crippen LogP contribution in [-0.2, 0) is 12.8 Å². The second-order valence-corrected chi connectivity index (χ2v) is 16.3. The lowest BCUT2D eigenvalue weighted by atomic mass is 9.93. The van der Waals surface area contributed by atoms with Gasteiger partial charge in [-0.05, 0) is 124 Å². The van der Waals surface area contributed by atoms with Crippen molar-refractivity contribution in [2.24, 2.45) is 23.3 Å². The van der Waals surface area contributed by atoms with E-state index in [9.17, 15) is 9.59 Å². The Morgan fingerprint density at radius 3 is 1.39 bits per heavy atom. The summed E-state index contributed by atoms with van der Waals surface area (Å²) in [4.78, 5) is 25.7. The lowest BCUT2D eigenvalue weighted by molar-refractivity contribution is 0.0988. The SMILES string of the molecule is Cl.NC(=O)c1nnc(CC2CCCNC2)c2cc(-c3ccc(Cl)cc3)sc12.NC(=O)c1nnc(CC2CCCNC2)c2cc(-c3ccc(Cl)cc3)sc12.[OH-]. The van der Waals surface area contributed by atoms with Crippen LogP contribution in [0.4, 0.5) is 0 Å². The summed E-state index contributed by atoms with van der Waals surface area (Å²) < 4.78 is 1.63. The number of carbonyl (C=O) groups excluding carboxylic acids is 2. The summed E-state index contributed by atoms with van der Waals surface area (Å²) in [6.07, 6.45) is 6.43. The molecule has 2 atom stereocenters. The van der Waals surface area contributed by atoms with Gasteiger partial charge in [-0.25, -0.2) is 0 Å². The van der Waals surface area contributed by atoms with Gasteiger partial charge in [0.2, 0.25) is 0 Å². The second-order valence-electron chi connectivity index (χ2n) is 13.3. The van der Waals surface area contributed by atoms with Gasteiger partial charge >= 0.3 is 0 Å². The van der Waals surface area contributed by atoms with Crippen molar-refractivity contribution < 1.29 is 15.1 Å². The molecule has 2 aromatic carbocycles. The summed E-state index contributed by atoms with van der Waals surface area (Å²) in [5, 5.41) is 27.2. The van der Waals surface area contributed by atoms with Crippen LogP contribution in [0, 0.1) is 11.8 Å². The first-order chi connectivity index (χ1) is 25.2. The fourth-order valence-electron chi connectivity index (χ4n) is 6.86. The van der Waals surface area contributed by atoms with Crippen LogP contribution in [0.5, 0.6) is 0 Å². The van der Waals surface area contributed by atoms with Crippen LogP contribution in [0.25, 0.3) is 41.1 Å². The summed E-state index contributed by atoms with van der Waals surface area (Å²) in [6, 6.07) is 19.5. The molecule has 2 fully saturated rings. The van der Waals surface area contributed by atoms with Crippen LogP contribution >= 0.6 is 58.3 Å². The summed E-state index contributed by atoms with van der Waals surface area (Å²) in [5.74, 6) is -0.00472. The van der Waals surface area contributed by atoms with E-state index in [1.54, 1.807) is 0 Å². The standard InChI is InChI=1S/2C19H19ClN4OS.ClH.H2O/c2*20-13-5-3-12(4-6-13)16-9-14-15(8-11-2-1-7-22-10-11)23-24-17(19(21)25)18(14)26-16;;/h2*3-6,9,11,22H,1-2,7-8,10H2,(H2,21,25);1H;1H2/p-1. The van der Waals surface area contributed by atoms with Crippen molar-refractivity contribution in [3.8, 4) is 20.9 Å². The first kappa shape index (κ1) is 41.4. The van der Waals surface area contributed by atoms with Crippen LogP contribution in [0.1, 0.15) is 58.0 Å². The largest absolute Gasteiger partial charge is 0.870 e. The van der Waals surface area contributed by atoms with Gasteiger partial charge in [-0.15, -0.1) is 45.3 Å². The molecule has 16 heteroatoms. The van der Waals surface area contributed by atoms with E-state index >= 15 is 0 Å². The highest BCUT2D eigenvalue weighted by Crippen LogP contribution is 2.38. The molecule has 0 aliphatic carbocycles. The minimum atomic E-state index is -0.544. The molecule has 284 valence electrons. The smallest absolute Gasteiger partial charge is 0.270 e. The van der Waals surface area contributed by atoms with Crippen molar-refractivity contribution in [1.29, 1.82) is 0 Å². The minimum absolute atomic E-state index is 0. The van der Waals surface area contributed by atoms with Gasteiger partial charge in [-0.3, -0.25) is 9.59 Å². The Balaban J connectivity index is 0.000000200. The molecule has 6 heterocycles. The zero-order valence-corrected chi connectivity index (χ0v) is 33.1. The van der Waals surface area contributed by atoms with E-state index in [0.29, 0.717) is 21.9 Å². The van der Waals surface area contributed by atoms with E-state index in [0.717, 1.165) is 91.5 Å². The highest BCUT2D eigenvalue weighted by atomic mass is 35.5. The van der Waals surface area contributed by atoms with Crippen molar-refractivity contribution in [3.63, 3.8) is 0 Å². The van der Waals surface area contributed by atoms with E-state index in [2.05, 4.69) is 43.2 Å². The molecule has 11 nitrogen and oxygen atoms in total. The van der Waals surface area contributed by atoms with Crippen molar-refractivity contribution in [2.75, 3.05) is 26.2 Å². The highest BCUT2D eigenvalue weighted by molar-refractivity contribution is 7.23. The number of halogens is 3. The average Bonchev–Trinajstić information content (AvgIpc) is 3.80. The third kappa shape index (κ3) is 9.53. The third-order valence-electron chi connectivity index (χ3n) is 9.54. The summed E-state index contributed by atoms with van der Waals surface area (Å²) in [6.45, 7) is 4.15. The average molecular weight is 827 g/mol. The Kier molecular flexibility index (Phi) is 14.3. The highest BCUT2D eigenvalue weighted by Gasteiger charge is 2.23. The summed E-state index contributed by atoms with van der Waals surface area (Å²) >= 11 is 15.0. The molecule has 0 radical (unpaired) electrons. The van der Waals surface area contributed by atoms with Gasteiger partial charge in [-0.1, -0.05) is 47.5 Å². The Labute approximate surface area is 337 Å². The molecule has 0 bridgehead atoms. The van der Waals surface area contributed by atoms with E-state index in [1.807, 2.05) is 48.5 Å². The molecule has 8 rings (SSSR count). The molecule has 2 unspecified atom stereocenters. The van der Waals surface area contributed by atoms with Gasteiger partial charge in [0.25, 0.3) is 11.8 Å². The van der Waals surface area contributed by atoms with Gasteiger partial charge < -0.3 is 27.6 Å². The number of hydrogen-bond acceptors (Lipinski definition) is 11. The number of piperidine rings is 2. The van der Waals surface area contributed by atoms with Crippen molar-refractivity contribution >= 4 is 90.3 Å². The number of carbonyl (C=O) groups is 2. The van der Waals surface area contributed by atoms with Crippen LogP contribution in [0.2, 0.25) is 10.0 Å². The third-order valence-corrected chi connectivity index (χ3v) is 12.4. The Bertz CT molecular complexity index is 2060. The molecule has 0 saturated carbocycles. The number of hydrogen-bond donors (Lipinski definition) is 4. The lowest BCUT2D eigenvalue weighted by Gasteiger charge is -2.22. The first-order valence-electron chi connectivity index (χ1n) is 17.3. The monoisotopic (exact) mass is 825 g/mol. The Morgan fingerprint density at radius 2 is 1.06 bits per heavy atom. The molecule has 2 aliphatic rings. The number of rotatable bonds is 8. The summed E-state index contributed by atoms with van der Waals surface area (Å²) in [7, 11) is 0. The molecular formula is C38H40Cl3N8O3S2-. The Hall–Kier alpha value is -3.79. The maximum atomic E-state index is 11.8. The van der Waals surface area contributed by atoms with Gasteiger partial charge in [0.1, 0.15) is 0 Å². The maximum absolute atomic E-state index is 11.8. The van der Waals surface area contributed by atoms with Crippen molar-refractivity contribution in [2.45, 2.75) is 38.5 Å². The molecule has 4 aromatic heterocycles. The molecule has 2 saturated heterocycles. The van der Waals surface area contributed by atoms with Crippen LogP contribution in [-0.4, -0.2) is 63.9 Å². The van der Waals surface area contributed by atoms with E-state index in [4.69, 9.17) is 34.7 Å². The van der Waals surface area contributed by atoms with Crippen molar-refractivity contribution in [3.05, 3.63) is 93.5 Å². The van der Waals surface area contributed by atoms with E-state index in [-0.39, 0.29) is 29.3 Å². The quantitative estimate of drug-likeness (QED) is 0.120. The zero-order valence-electron chi connectivity index (χ0n) is 29.2. The van der Waals surface area contributed by atoms with Gasteiger partial charge in [0, 0.05) is 30.6 Å². The molecular weight excluding hydrogens is 787 g/mol. The molecule has 6 aromatic rings. The number of nitrogens with one attached hydrogen (secondary N) is 2. The Morgan fingerprint density at radius 1 is 0.667 bits per heavy atom. The number of fused-ring (bicyclic) bond motifs is 2. The topological polar surface area (TPSA) is 192 Å². The molecule has 0 spiro atoms. The van der Waals surface area contributed by atoms with Gasteiger partial charge in [-0.2, -0.15) is 10.2 Å². The van der Waals surface area contributed by atoms with Crippen LogP contribution in [0.15, 0.2) is 60.7 Å². The van der Waals surface area contributed by atoms with Gasteiger partial charge in [0.05, 0.1) is 20.8 Å². The number of nitrogens with zero attached hydrogens (tertiary/aromatic N) is 4. The number of nitrogens with two attached hydrogens (primary N) is 2. The molecule has 7 N–H and O–H groups in total. The number of thiophene rings is 2. The fraction of sp³-hybridized carbons (Fsp3) is 0.316. The van der Waals surface area contributed by atoms with Crippen LogP contribution < -0.4 is 22.1 Å². The number of benzene rings is 2. The molecule has 54 heavy (non-hydrogen) atoms. The predicted octanol–water partition coefficient (Wildman–Crippen LogP) is 7.55. The number of primary amides is 2. The molecule has 2 amide bonds.